The Kier molecular flexibility index (Phi) is 9.73. The number of carbonyl (C=O) groups excluding carboxylic acids is 1. The Bertz CT molecular complexity index is 1250. The van der Waals surface area contributed by atoms with Crippen molar-refractivity contribution >= 4 is 29.2 Å². The van der Waals surface area contributed by atoms with Gasteiger partial charge in [-0.3, -0.25) is 4.79 Å². The molecular weight excluding hydrogens is 486 g/mol. The highest BCUT2D eigenvalue weighted by atomic mass is 35.5. The third-order valence-electron chi connectivity index (χ3n) is 6.57. The number of nitrogens with two attached hydrogens (primary N) is 1. The average molecular weight is 522 g/mol. The summed E-state index contributed by atoms with van der Waals surface area (Å²) < 4.78 is 0. The van der Waals surface area contributed by atoms with E-state index in [2.05, 4.69) is 29.7 Å². The minimum Gasteiger partial charge on any atom is -0.480 e. The van der Waals surface area contributed by atoms with Crippen molar-refractivity contribution in [1.82, 2.24) is 5.32 Å². The molecule has 0 aliphatic carbocycles. The molecule has 0 aromatic heterocycles. The second kappa shape index (κ2) is 12.7. The molecule has 3 rings (SSSR count). The summed E-state index contributed by atoms with van der Waals surface area (Å²) >= 11 is 6.18. The fourth-order valence-corrected chi connectivity index (χ4v) is 4.65. The Morgan fingerprint density at radius 2 is 1.65 bits per heavy atom. The first kappa shape index (κ1) is 28.2. The molecule has 0 radical (unpaired) electrons. The van der Waals surface area contributed by atoms with Crippen LogP contribution in [0.1, 0.15) is 64.8 Å². The van der Waals surface area contributed by atoms with Crippen LogP contribution in [-0.4, -0.2) is 29.6 Å². The Hall–Kier alpha value is -3.35. The summed E-state index contributed by atoms with van der Waals surface area (Å²) in [5, 5.41) is 16.5. The van der Waals surface area contributed by atoms with Gasteiger partial charge in [-0.1, -0.05) is 48.0 Å². The third kappa shape index (κ3) is 7.34. The van der Waals surface area contributed by atoms with Crippen molar-refractivity contribution < 1.29 is 14.7 Å². The number of hydrogen-bond acceptors (Lipinski definition) is 4. The van der Waals surface area contributed by atoms with Crippen LogP contribution < -0.4 is 16.4 Å². The highest BCUT2D eigenvalue weighted by molar-refractivity contribution is 6.31. The Labute approximate surface area is 224 Å². The second-order valence-electron chi connectivity index (χ2n) is 9.59. The Morgan fingerprint density at radius 1 is 0.946 bits per heavy atom. The van der Waals surface area contributed by atoms with Gasteiger partial charge >= 0.3 is 5.97 Å². The standard InChI is InChI=1S/C30H36ClN3O3/c1-18-14-22(11-12-26(18)31)21(4)33-25-9-7-8-23(17-25)24-15-19(2)28(20(3)16-24)29(35)34-27(30(36)37)10-5-6-13-32/h7-9,11-12,14-17,21,27,33H,5-6,10,13,32H2,1-4H3,(H,34,35)(H,36,37)/t21?,27-/m0/s1. The number of aliphatic carboxylic acids is 1. The van der Waals surface area contributed by atoms with Gasteiger partial charge in [-0.05, 0) is 105 Å². The topological polar surface area (TPSA) is 104 Å². The van der Waals surface area contributed by atoms with Crippen molar-refractivity contribution in [3.63, 3.8) is 0 Å². The number of carbonyl (C=O) groups is 2. The largest absolute Gasteiger partial charge is 0.480 e. The second-order valence-corrected chi connectivity index (χ2v) is 10.00. The van der Waals surface area contributed by atoms with Crippen LogP contribution in [0, 0.1) is 20.8 Å². The van der Waals surface area contributed by atoms with E-state index in [0.29, 0.717) is 24.9 Å². The van der Waals surface area contributed by atoms with E-state index in [1.807, 2.05) is 63.2 Å². The van der Waals surface area contributed by atoms with E-state index < -0.39 is 12.0 Å². The zero-order chi connectivity index (χ0) is 27.1. The van der Waals surface area contributed by atoms with Gasteiger partial charge in [0.2, 0.25) is 0 Å². The molecule has 0 aliphatic rings. The van der Waals surface area contributed by atoms with Gasteiger partial charge in [0.15, 0.2) is 0 Å². The van der Waals surface area contributed by atoms with Crippen molar-refractivity contribution in [1.29, 1.82) is 0 Å². The number of rotatable bonds is 11. The van der Waals surface area contributed by atoms with E-state index in [1.165, 1.54) is 0 Å². The molecule has 1 unspecified atom stereocenters. The first-order chi connectivity index (χ1) is 17.6. The van der Waals surface area contributed by atoms with Crippen LogP contribution in [0.5, 0.6) is 0 Å². The molecule has 0 heterocycles. The first-order valence-electron chi connectivity index (χ1n) is 12.6. The number of benzene rings is 3. The van der Waals surface area contributed by atoms with Crippen molar-refractivity contribution in [2.24, 2.45) is 5.73 Å². The lowest BCUT2D eigenvalue weighted by Crippen LogP contribution is -2.41. The predicted octanol–water partition coefficient (Wildman–Crippen LogP) is 6.42. The number of unbranched alkanes of at least 4 members (excludes halogenated alkanes) is 1. The first-order valence-corrected chi connectivity index (χ1v) is 13.0. The van der Waals surface area contributed by atoms with Crippen molar-refractivity contribution in [2.75, 3.05) is 11.9 Å². The van der Waals surface area contributed by atoms with E-state index in [0.717, 1.165) is 50.5 Å². The molecule has 3 aromatic carbocycles. The van der Waals surface area contributed by atoms with Gasteiger partial charge in [0, 0.05) is 22.3 Å². The number of aryl methyl sites for hydroxylation is 3. The SMILES string of the molecule is Cc1cc(C(C)Nc2cccc(-c3cc(C)c(C(=O)N[C@@H](CCCCN)C(=O)O)c(C)c3)c2)ccc1Cl. The fraction of sp³-hybridized carbons (Fsp3) is 0.333. The molecule has 0 fully saturated rings. The van der Waals surface area contributed by atoms with Crippen molar-refractivity contribution in [3.8, 4) is 11.1 Å². The average Bonchev–Trinajstić information content (AvgIpc) is 2.84. The Morgan fingerprint density at radius 3 is 2.27 bits per heavy atom. The van der Waals surface area contributed by atoms with Gasteiger partial charge in [0.1, 0.15) is 6.04 Å². The minimum absolute atomic E-state index is 0.0906. The predicted molar refractivity (Wildman–Crippen MR) is 151 cm³/mol. The van der Waals surface area contributed by atoms with E-state index in [1.54, 1.807) is 0 Å². The molecule has 37 heavy (non-hydrogen) atoms. The number of anilines is 1. The molecule has 6 nitrogen and oxygen atoms in total. The third-order valence-corrected chi connectivity index (χ3v) is 7.00. The summed E-state index contributed by atoms with van der Waals surface area (Å²) in [4.78, 5) is 24.7. The van der Waals surface area contributed by atoms with Crippen molar-refractivity contribution in [3.05, 3.63) is 87.4 Å². The molecule has 0 spiro atoms. The number of amides is 1. The van der Waals surface area contributed by atoms with Gasteiger partial charge in [0.05, 0.1) is 0 Å². The van der Waals surface area contributed by atoms with Gasteiger partial charge < -0.3 is 21.5 Å². The van der Waals surface area contributed by atoms with E-state index >= 15 is 0 Å². The zero-order valence-electron chi connectivity index (χ0n) is 21.9. The maximum atomic E-state index is 13.0. The molecule has 5 N–H and O–H groups in total. The molecule has 2 atom stereocenters. The molecule has 7 heteroatoms. The van der Waals surface area contributed by atoms with Crippen LogP contribution in [0.25, 0.3) is 11.1 Å². The summed E-state index contributed by atoms with van der Waals surface area (Å²) in [6.45, 7) is 8.36. The van der Waals surface area contributed by atoms with Crippen LogP contribution in [-0.2, 0) is 4.79 Å². The maximum Gasteiger partial charge on any atom is 0.326 e. The van der Waals surface area contributed by atoms with Crippen LogP contribution in [0.2, 0.25) is 5.02 Å². The van der Waals surface area contributed by atoms with E-state index in [4.69, 9.17) is 17.3 Å². The zero-order valence-corrected chi connectivity index (χ0v) is 22.7. The van der Waals surface area contributed by atoms with Crippen LogP contribution in [0.15, 0.2) is 54.6 Å². The van der Waals surface area contributed by atoms with Crippen LogP contribution >= 0.6 is 11.6 Å². The van der Waals surface area contributed by atoms with Gasteiger partial charge in [-0.2, -0.15) is 0 Å². The molecule has 1 amide bonds. The number of halogens is 1. The summed E-state index contributed by atoms with van der Waals surface area (Å²) in [6, 6.07) is 17.3. The Balaban J connectivity index is 1.79. The molecule has 0 bridgehead atoms. The molecule has 0 saturated carbocycles. The van der Waals surface area contributed by atoms with Crippen LogP contribution in [0.4, 0.5) is 5.69 Å². The van der Waals surface area contributed by atoms with Crippen LogP contribution in [0.3, 0.4) is 0 Å². The molecule has 196 valence electrons. The van der Waals surface area contributed by atoms with Gasteiger partial charge in [-0.25, -0.2) is 4.79 Å². The van der Waals surface area contributed by atoms with Crippen molar-refractivity contribution in [2.45, 2.75) is 59.0 Å². The quantitative estimate of drug-likeness (QED) is 0.218. The number of carboxylic acid groups (broad SMARTS) is 1. The number of nitrogens with one attached hydrogen (secondary N) is 2. The highest BCUT2D eigenvalue weighted by Crippen LogP contribution is 2.29. The maximum absolute atomic E-state index is 13.0. The molecule has 0 saturated heterocycles. The van der Waals surface area contributed by atoms with E-state index in [9.17, 15) is 14.7 Å². The van der Waals surface area contributed by atoms with E-state index in [-0.39, 0.29) is 11.9 Å². The molecule has 0 aliphatic heterocycles. The lowest BCUT2D eigenvalue weighted by atomic mass is 9.94. The molecule has 3 aromatic rings. The van der Waals surface area contributed by atoms with Gasteiger partial charge in [0.25, 0.3) is 5.91 Å². The smallest absolute Gasteiger partial charge is 0.326 e. The highest BCUT2D eigenvalue weighted by Gasteiger charge is 2.22. The summed E-state index contributed by atoms with van der Waals surface area (Å²) in [5.41, 5.74) is 12.8. The number of carboxylic acids is 1. The number of hydrogen-bond donors (Lipinski definition) is 4. The van der Waals surface area contributed by atoms with Gasteiger partial charge in [-0.15, -0.1) is 0 Å². The lowest BCUT2D eigenvalue weighted by Gasteiger charge is -2.19. The lowest BCUT2D eigenvalue weighted by molar-refractivity contribution is -0.139. The molecular formula is C30H36ClN3O3. The summed E-state index contributed by atoms with van der Waals surface area (Å²) in [7, 11) is 0. The summed E-state index contributed by atoms with van der Waals surface area (Å²) in [6.07, 6.45) is 1.71. The fourth-order valence-electron chi connectivity index (χ4n) is 4.53. The minimum atomic E-state index is -1.04. The monoisotopic (exact) mass is 521 g/mol. The summed E-state index contributed by atoms with van der Waals surface area (Å²) in [5.74, 6) is -1.41. The normalized spacial score (nSPS) is 12.6.